The standard InChI is InChI=1S/C14H22O9/c1-2-3-4-5-6-8(11(17)13(20)21)14(22)23-10(16)7-9(15)12(18)19/h8-9,11,15,17H,2-7H2,1H3,(H,18,19)(H,20,21). The van der Waals surface area contributed by atoms with Crippen LogP contribution in [0.5, 0.6) is 0 Å². The van der Waals surface area contributed by atoms with E-state index in [4.69, 9.17) is 15.3 Å². The first-order valence-corrected chi connectivity index (χ1v) is 7.26. The third-order valence-corrected chi connectivity index (χ3v) is 3.17. The summed E-state index contributed by atoms with van der Waals surface area (Å²) in [7, 11) is 0. The summed E-state index contributed by atoms with van der Waals surface area (Å²) in [5, 5.41) is 35.8. The van der Waals surface area contributed by atoms with Crippen LogP contribution in [-0.4, -0.2) is 56.5 Å². The van der Waals surface area contributed by atoms with Crippen LogP contribution < -0.4 is 0 Å². The molecule has 0 rings (SSSR count). The molecule has 0 amide bonds. The molecule has 23 heavy (non-hydrogen) atoms. The van der Waals surface area contributed by atoms with E-state index < -0.39 is 48.4 Å². The van der Waals surface area contributed by atoms with E-state index in [1.54, 1.807) is 0 Å². The van der Waals surface area contributed by atoms with E-state index in [2.05, 4.69) is 4.74 Å². The number of rotatable bonds is 11. The molecule has 9 heteroatoms. The predicted molar refractivity (Wildman–Crippen MR) is 75.3 cm³/mol. The number of hydrogen-bond acceptors (Lipinski definition) is 7. The van der Waals surface area contributed by atoms with Gasteiger partial charge in [-0.3, -0.25) is 9.59 Å². The maximum atomic E-state index is 11.8. The molecule has 3 unspecified atom stereocenters. The maximum absolute atomic E-state index is 11.8. The Bertz CT molecular complexity index is 432. The largest absolute Gasteiger partial charge is 0.479 e. The third-order valence-electron chi connectivity index (χ3n) is 3.17. The monoisotopic (exact) mass is 334 g/mol. The molecular weight excluding hydrogens is 312 g/mol. The quantitative estimate of drug-likeness (QED) is 0.230. The minimum absolute atomic E-state index is 0.0149. The number of carbonyl (C=O) groups is 4. The number of carbonyl (C=O) groups excluding carboxylic acids is 2. The lowest BCUT2D eigenvalue weighted by Crippen LogP contribution is -2.37. The zero-order valence-electron chi connectivity index (χ0n) is 12.8. The molecule has 0 aromatic heterocycles. The van der Waals surface area contributed by atoms with Gasteiger partial charge in [0.25, 0.3) is 0 Å². The maximum Gasteiger partial charge on any atom is 0.333 e. The van der Waals surface area contributed by atoms with Gasteiger partial charge >= 0.3 is 23.9 Å². The topological polar surface area (TPSA) is 158 Å². The van der Waals surface area contributed by atoms with Crippen LogP contribution in [-0.2, 0) is 23.9 Å². The normalized spacial score (nSPS) is 14.6. The number of carboxylic acids is 2. The summed E-state index contributed by atoms with van der Waals surface area (Å²) in [6.45, 7) is 1.96. The molecule has 0 spiro atoms. The van der Waals surface area contributed by atoms with Crippen molar-refractivity contribution in [3.8, 4) is 0 Å². The number of hydrogen-bond donors (Lipinski definition) is 4. The Labute approximate surface area is 132 Å². The first kappa shape index (κ1) is 21.0. The number of aliphatic hydroxyl groups is 2. The molecule has 0 aliphatic rings. The molecule has 0 aromatic rings. The first-order chi connectivity index (χ1) is 10.7. The van der Waals surface area contributed by atoms with Gasteiger partial charge in [0.2, 0.25) is 0 Å². The fourth-order valence-corrected chi connectivity index (χ4v) is 1.84. The summed E-state index contributed by atoms with van der Waals surface area (Å²) in [5.74, 6) is -7.27. The summed E-state index contributed by atoms with van der Waals surface area (Å²) in [6.07, 6.45) is -2.02. The van der Waals surface area contributed by atoms with Crippen molar-refractivity contribution in [3.05, 3.63) is 0 Å². The Balaban J connectivity index is 4.68. The lowest BCUT2D eigenvalue weighted by molar-refractivity contribution is -0.172. The Morgan fingerprint density at radius 1 is 0.957 bits per heavy atom. The van der Waals surface area contributed by atoms with Crippen LogP contribution >= 0.6 is 0 Å². The number of aliphatic hydroxyl groups excluding tert-OH is 2. The molecule has 0 bridgehead atoms. The van der Waals surface area contributed by atoms with Crippen LogP contribution in [0.2, 0.25) is 0 Å². The number of aliphatic carboxylic acids is 2. The Kier molecular flexibility index (Phi) is 9.75. The number of esters is 2. The van der Waals surface area contributed by atoms with Crippen LogP contribution in [0, 0.1) is 5.92 Å². The highest BCUT2D eigenvalue weighted by Gasteiger charge is 2.34. The molecular formula is C14H22O9. The van der Waals surface area contributed by atoms with Crippen LogP contribution in [0.4, 0.5) is 0 Å². The number of unbranched alkanes of at least 4 members (excludes halogenated alkanes) is 3. The van der Waals surface area contributed by atoms with Gasteiger partial charge < -0.3 is 25.2 Å². The van der Waals surface area contributed by atoms with Crippen molar-refractivity contribution < 1.29 is 44.3 Å². The van der Waals surface area contributed by atoms with E-state index in [0.29, 0.717) is 6.42 Å². The lowest BCUT2D eigenvalue weighted by Gasteiger charge is -2.18. The predicted octanol–water partition coefficient (Wildman–Crippen LogP) is -0.0761. The molecule has 0 fully saturated rings. The second kappa shape index (κ2) is 10.7. The van der Waals surface area contributed by atoms with E-state index in [1.165, 1.54) is 0 Å². The highest BCUT2D eigenvalue weighted by molar-refractivity contribution is 5.91. The zero-order chi connectivity index (χ0) is 18.0. The van der Waals surface area contributed by atoms with Crippen molar-refractivity contribution >= 4 is 23.9 Å². The van der Waals surface area contributed by atoms with Crippen molar-refractivity contribution in [1.29, 1.82) is 0 Å². The summed E-state index contributed by atoms with van der Waals surface area (Å²) >= 11 is 0. The summed E-state index contributed by atoms with van der Waals surface area (Å²) in [5.41, 5.74) is 0. The van der Waals surface area contributed by atoms with Gasteiger partial charge in [0.15, 0.2) is 12.2 Å². The van der Waals surface area contributed by atoms with Crippen molar-refractivity contribution in [2.24, 2.45) is 5.92 Å². The second-order valence-electron chi connectivity index (χ2n) is 5.09. The van der Waals surface area contributed by atoms with E-state index >= 15 is 0 Å². The molecule has 0 saturated carbocycles. The van der Waals surface area contributed by atoms with Gasteiger partial charge in [0, 0.05) is 0 Å². The highest BCUT2D eigenvalue weighted by Crippen LogP contribution is 2.17. The van der Waals surface area contributed by atoms with Crippen molar-refractivity contribution in [3.63, 3.8) is 0 Å². The van der Waals surface area contributed by atoms with Gasteiger partial charge in [-0.05, 0) is 6.42 Å². The van der Waals surface area contributed by atoms with Crippen LogP contribution in [0.3, 0.4) is 0 Å². The number of carboxylic acid groups (broad SMARTS) is 2. The first-order valence-electron chi connectivity index (χ1n) is 7.26. The molecule has 0 radical (unpaired) electrons. The molecule has 0 aliphatic carbocycles. The van der Waals surface area contributed by atoms with Crippen molar-refractivity contribution in [2.45, 2.75) is 57.7 Å². The van der Waals surface area contributed by atoms with Crippen LogP contribution in [0.15, 0.2) is 0 Å². The summed E-state index contributed by atoms with van der Waals surface area (Å²) in [6, 6.07) is 0. The fraction of sp³-hybridized carbons (Fsp3) is 0.714. The van der Waals surface area contributed by atoms with Gasteiger partial charge in [-0.15, -0.1) is 0 Å². The fourth-order valence-electron chi connectivity index (χ4n) is 1.84. The van der Waals surface area contributed by atoms with Gasteiger partial charge in [-0.25, -0.2) is 9.59 Å². The molecule has 3 atom stereocenters. The Morgan fingerprint density at radius 3 is 2.04 bits per heavy atom. The smallest absolute Gasteiger partial charge is 0.333 e. The molecule has 0 aliphatic heterocycles. The van der Waals surface area contributed by atoms with Gasteiger partial charge in [-0.2, -0.15) is 0 Å². The van der Waals surface area contributed by atoms with Gasteiger partial charge in [-0.1, -0.05) is 32.6 Å². The van der Waals surface area contributed by atoms with E-state index in [9.17, 15) is 24.3 Å². The average molecular weight is 334 g/mol. The molecule has 4 N–H and O–H groups in total. The summed E-state index contributed by atoms with van der Waals surface area (Å²) in [4.78, 5) is 44.4. The van der Waals surface area contributed by atoms with Crippen molar-refractivity contribution in [2.75, 3.05) is 0 Å². The number of ether oxygens (including phenoxy) is 1. The summed E-state index contributed by atoms with van der Waals surface area (Å²) < 4.78 is 4.34. The van der Waals surface area contributed by atoms with Crippen LogP contribution in [0.25, 0.3) is 0 Å². The Hall–Kier alpha value is -2.00. The molecule has 0 aromatic carbocycles. The molecule has 9 nitrogen and oxygen atoms in total. The van der Waals surface area contributed by atoms with Gasteiger partial charge in [0.1, 0.15) is 0 Å². The average Bonchev–Trinajstić information content (AvgIpc) is 2.45. The highest BCUT2D eigenvalue weighted by atomic mass is 16.6. The zero-order valence-corrected chi connectivity index (χ0v) is 12.8. The Morgan fingerprint density at radius 2 is 1.57 bits per heavy atom. The lowest BCUT2D eigenvalue weighted by atomic mass is 9.95. The van der Waals surface area contributed by atoms with Crippen LogP contribution in [0.1, 0.15) is 45.4 Å². The SMILES string of the molecule is CCCCCCC(C(=O)OC(=O)CC(O)C(=O)O)C(O)C(=O)O. The van der Waals surface area contributed by atoms with Gasteiger partial charge in [0.05, 0.1) is 12.3 Å². The second-order valence-corrected chi connectivity index (χ2v) is 5.09. The van der Waals surface area contributed by atoms with E-state index in [1.807, 2.05) is 6.92 Å². The molecule has 0 heterocycles. The molecule has 0 saturated heterocycles. The third kappa shape index (κ3) is 8.27. The van der Waals surface area contributed by atoms with E-state index in [0.717, 1.165) is 19.3 Å². The van der Waals surface area contributed by atoms with E-state index in [-0.39, 0.29) is 6.42 Å². The van der Waals surface area contributed by atoms with Crippen molar-refractivity contribution in [1.82, 2.24) is 0 Å². The minimum Gasteiger partial charge on any atom is -0.479 e. The molecule has 132 valence electrons. The minimum atomic E-state index is -2.03.